The summed E-state index contributed by atoms with van der Waals surface area (Å²) in [4.78, 5) is 13.9. The normalized spacial score (nSPS) is 10.6. The maximum Gasteiger partial charge on any atom is 0.125 e. The van der Waals surface area contributed by atoms with E-state index in [-0.39, 0.29) is 0 Å². The number of anilines is 1. The smallest absolute Gasteiger partial charge is 0.125 e. The van der Waals surface area contributed by atoms with Crippen molar-refractivity contribution in [1.82, 2.24) is 15.0 Å². The van der Waals surface area contributed by atoms with Crippen molar-refractivity contribution in [3.05, 3.63) is 48.5 Å². The molecular weight excluding hydrogens is 256 g/mol. The van der Waals surface area contributed by atoms with Gasteiger partial charge in [0.25, 0.3) is 0 Å². The van der Waals surface area contributed by atoms with E-state index in [1.165, 1.54) is 0 Å². The van der Waals surface area contributed by atoms with Crippen molar-refractivity contribution >= 4 is 17.2 Å². The molecule has 0 amide bonds. The number of hydrogen-bond donors (Lipinski definition) is 1. The second-order valence-corrected chi connectivity index (χ2v) is 5.14. The molecule has 0 aliphatic carbocycles. The molecule has 3 heterocycles. The molecule has 0 saturated carbocycles. The van der Waals surface area contributed by atoms with Gasteiger partial charge >= 0.3 is 0 Å². The summed E-state index contributed by atoms with van der Waals surface area (Å²) in [6.07, 6.45) is 5.30. The zero-order valence-corrected chi connectivity index (χ0v) is 11.2. The largest absolute Gasteiger partial charge is 0.384 e. The lowest BCUT2D eigenvalue weighted by atomic mass is 10.2. The molecule has 0 aliphatic rings. The van der Waals surface area contributed by atoms with Crippen LogP contribution < -0.4 is 5.73 Å². The van der Waals surface area contributed by atoms with Gasteiger partial charge in [0.2, 0.25) is 0 Å². The second kappa shape index (κ2) is 4.78. The van der Waals surface area contributed by atoms with Crippen molar-refractivity contribution in [2.75, 3.05) is 5.73 Å². The minimum atomic E-state index is 0.522. The van der Waals surface area contributed by atoms with Gasteiger partial charge in [0.1, 0.15) is 10.8 Å². The van der Waals surface area contributed by atoms with Crippen LogP contribution in [0, 0.1) is 6.92 Å². The van der Waals surface area contributed by atoms with Crippen molar-refractivity contribution in [3.8, 4) is 21.0 Å². The molecule has 0 fully saturated rings. The molecule has 0 aliphatic heterocycles. The first-order valence-electron chi connectivity index (χ1n) is 5.84. The number of pyridine rings is 2. The number of rotatable bonds is 2. The first-order chi connectivity index (χ1) is 9.24. The molecular formula is C14H12N4S. The Morgan fingerprint density at radius 2 is 2.05 bits per heavy atom. The van der Waals surface area contributed by atoms with Crippen LogP contribution in [0.1, 0.15) is 5.69 Å². The van der Waals surface area contributed by atoms with E-state index in [4.69, 9.17) is 5.73 Å². The van der Waals surface area contributed by atoms with Crippen LogP contribution in [0.4, 0.5) is 5.82 Å². The van der Waals surface area contributed by atoms with E-state index < -0.39 is 0 Å². The van der Waals surface area contributed by atoms with Crippen molar-refractivity contribution in [1.29, 1.82) is 0 Å². The molecule has 0 aromatic carbocycles. The van der Waals surface area contributed by atoms with Gasteiger partial charge in [0, 0.05) is 24.2 Å². The number of thiazole rings is 1. The molecule has 5 heteroatoms. The Labute approximate surface area is 115 Å². The minimum Gasteiger partial charge on any atom is -0.384 e. The fraction of sp³-hybridized carbons (Fsp3) is 0.0714. The highest BCUT2D eigenvalue weighted by molar-refractivity contribution is 7.18. The molecule has 94 valence electrons. The highest BCUT2D eigenvalue weighted by atomic mass is 32.1. The summed E-state index contributed by atoms with van der Waals surface area (Å²) >= 11 is 1.64. The van der Waals surface area contributed by atoms with Crippen LogP contribution in [0.2, 0.25) is 0 Å². The van der Waals surface area contributed by atoms with Gasteiger partial charge in [0.05, 0.1) is 10.6 Å². The number of nitrogens with two attached hydrogens (primary N) is 1. The van der Waals surface area contributed by atoms with Crippen molar-refractivity contribution in [2.45, 2.75) is 6.92 Å². The number of aryl methyl sites for hydroxylation is 1. The molecule has 3 aromatic heterocycles. The maximum absolute atomic E-state index is 5.73. The van der Waals surface area contributed by atoms with Gasteiger partial charge in [-0.1, -0.05) is 0 Å². The van der Waals surface area contributed by atoms with Crippen LogP contribution in [0.25, 0.3) is 21.0 Å². The van der Waals surface area contributed by atoms with Crippen LogP contribution in [-0.4, -0.2) is 15.0 Å². The third kappa shape index (κ3) is 2.32. The summed E-state index contributed by atoms with van der Waals surface area (Å²) in [6.45, 7) is 2.00. The quantitative estimate of drug-likeness (QED) is 0.775. The standard InChI is InChI=1S/C14H12N4S/c1-9-13(10-4-6-17-12(15)7-10)19-14(18-9)11-3-2-5-16-8-11/h2-8H,1H3,(H2,15,17). The molecule has 3 aromatic rings. The Bertz CT molecular complexity index is 706. The van der Waals surface area contributed by atoms with E-state index in [1.807, 2.05) is 37.4 Å². The van der Waals surface area contributed by atoms with Crippen molar-refractivity contribution in [2.24, 2.45) is 0 Å². The van der Waals surface area contributed by atoms with Crippen LogP contribution in [0.15, 0.2) is 42.9 Å². The topological polar surface area (TPSA) is 64.7 Å². The van der Waals surface area contributed by atoms with Gasteiger partial charge in [0.15, 0.2) is 0 Å². The lowest BCUT2D eigenvalue weighted by Crippen LogP contribution is -1.89. The molecule has 2 N–H and O–H groups in total. The molecule has 0 spiro atoms. The van der Waals surface area contributed by atoms with Crippen LogP contribution >= 0.6 is 11.3 Å². The molecule has 0 bridgehead atoms. The van der Waals surface area contributed by atoms with Crippen molar-refractivity contribution < 1.29 is 0 Å². The van der Waals surface area contributed by atoms with Crippen LogP contribution in [0.3, 0.4) is 0 Å². The van der Waals surface area contributed by atoms with E-state index in [0.717, 1.165) is 26.7 Å². The molecule has 19 heavy (non-hydrogen) atoms. The van der Waals surface area contributed by atoms with Gasteiger partial charge in [-0.3, -0.25) is 4.98 Å². The number of hydrogen-bond acceptors (Lipinski definition) is 5. The van der Waals surface area contributed by atoms with E-state index >= 15 is 0 Å². The van der Waals surface area contributed by atoms with Crippen molar-refractivity contribution in [3.63, 3.8) is 0 Å². The lowest BCUT2D eigenvalue weighted by Gasteiger charge is -1.98. The SMILES string of the molecule is Cc1nc(-c2cccnc2)sc1-c1ccnc(N)c1. The van der Waals surface area contributed by atoms with E-state index in [2.05, 4.69) is 15.0 Å². The summed E-state index contributed by atoms with van der Waals surface area (Å²) in [5.74, 6) is 0.522. The van der Waals surface area contributed by atoms with Gasteiger partial charge < -0.3 is 5.73 Å². The molecule has 0 saturated heterocycles. The number of nitrogen functional groups attached to an aromatic ring is 1. The summed E-state index contributed by atoms with van der Waals surface area (Å²) in [5.41, 5.74) is 8.81. The summed E-state index contributed by atoms with van der Waals surface area (Å²) < 4.78 is 0. The van der Waals surface area contributed by atoms with E-state index in [9.17, 15) is 0 Å². The van der Waals surface area contributed by atoms with Gasteiger partial charge in [-0.25, -0.2) is 9.97 Å². The fourth-order valence-corrected chi connectivity index (χ4v) is 2.92. The fourth-order valence-electron chi connectivity index (χ4n) is 1.87. The second-order valence-electron chi connectivity index (χ2n) is 4.14. The van der Waals surface area contributed by atoms with Gasteiger partial charge in [-0.2, -0.15) is 0 Å². The minimum absolute atomic E-state index is 0.522. The molecule has 0 atom stereocenters. The lowest BCUT2D eigenvalue weighted by molar-refractivity contribution is 1.25. The van der Waals surface area contributed by atoms with E-state index in [1.54, 1.807) is 23.7 Å². The summed E-state index contributed by atoms with van der Waals surface area (Å²) in [5, 5.41) is 0.969. The van der Waals surface area contributed by atoms with Gasteiger partial charge in [-0.15, -0.1) is 11.3 Å². The predicted molar refractivity (Wildman–Crippen MR) is 77.7 cm³/mol. The maximum atomic E-state index is 5.73. The molecule has 0 unspecified atom stereocenters. The highest BCUT2D eigenvalue weighted by Gasteiger charge is 2.11. The summed E-state index contributed by atoms with van der Waals surface area (Å²) in [6, 6.07) is 7.74. The predicted octanol–water partition coefficient (Wildman–Crippen LogP) is 3.16. The zero-order valence-electron chi connectivity index (χ0n) is 10.4. The first kappa shape index (κ1) is 11.8. The third-order valence-electron chi connectivity index (χ3n) is 2.75. The Morgan fingerprint density at radius 3 is 2.79 bits per heavy atom. The van der Waals surface area contributed by atoms with Gasteiger partial charge in [-0.05, 0) is 36.8 Å². The molecule has 3 rings (SSSR count). The molecule has 0 radical (unpaired) electrons. The van der Waals surface area contributed by atoms with Crippen LogP contribution in [-0.2, 0) is 0 Å². The monoisotopic (exact) mass is 268 g/mol. The Morgan fingerprint density at radius 1 is 1.16 bits per heavy atom. The number of nitrogens with zero attached hydrogens (tertiary/aromatic N) is 3. The molecule has 4 nitrogen and oxygen atoms in total. The Kier molecular flexibility index (Phi) is 2.97. The zero-order chi connectivity index (χ0) is 13.2. The summed E-state index contributed by atoms with van der Waals surface area (Å²) in [7, 11) is 0. The van der Waals surface area contributed by atoms with Crippen LogP contribution in [0.5, 0.6) is 0 Å². The Balaban J connectivity index is 2.08. The highest BCUT2D eigenvalue weighted by Crippen LogP contribution is 2.34. The first-order valence-corrected chi connectivity index (χ1v) is 6.65. The number of aromatic nitrogens is 3. The average molecular weight is 268 g/mol. The average Bonchev–Trinajstić information content (AvgIpc) is 2.82. The Hall–Kier alpha value is -2.27. The van der Waals surface area contributed by atoms with E-state index in [0.29, 0.717) is 5.82 Å². The third-order valence-corrected chi connectivity index (χ3v) is 4.00.